The number of carbonyl (C=O) groups is 1. The molecule has 2 N–H and O–H groups in total. The zero-order valence-electron chi connectivity index (χ0n) is 10.4. The molecule has 1 fully saturated rings. The molecule has 1 aliphatic rings. The van der Waals surface area contributed by atoms with Crippen LogP contribution in [0.1, 0.15) is 20.3 Å². The van der Waals surface area contributed by atoms with Crippen LogP contribution in [0.15, 0.2) is 0 Å². The van der Waals surface area contributed by atoms with Crippen LogP contribution in [0.3, 0.4) is 0 Å². The molecule has 5 heteroatoms. The molecule has 94 valence electrons. The lowest BCUT2D eigenvalue weighted by Gasteiger charge is -2.37. The maximum atomic E-state index is 12.2. The summed E-state index contributed by atoms with van der Waals surface area (Å²) in [5.74, 6) is 0.0271. The number of hydrogen-bond donors (Lipinski definition) is 1. The van der Waals surface area contributed by atoms with Crippen LogP contribution >= 0.6 is 0 Å². The summed E-state index contributed by atoms with van der Waals surface area (Å²) < 4.78 is 10.7. The first-order chi connectivity index (χ1) is 7.57. The Labute approximate surface area is 96.9 Å². The first-order valence-corrected chi connectivity index (χ1v) is 5.73. The monoisotopic (exact) mass is 230 g/mol. The van der Waals surface area contributed by atoms with E-state index >= 15 is 0 Å². The molecule has 0 aromatic rings. The van der Waals surface area contributed by atoms with Gasteiger partial charge in [0.15, 0.2) is 0 Å². The maximum absolute atomic E-state index is 12.2. The largest absolute Gasteiger partial charge is 0.373 e. The summed E-state index contributed by atoms with van der Waals surface area (Å²) in [6.45, 7) is 5.95. The minimum Gasteiger partial charge on any atom is -0.373 e. The summed E-state index contributed by atoms with van der Waals surface area (Å²) in [5, 5.41) is 0. The lowest BCUT2D eigenvalue weighted by atomic mass is 10.0. The molecule has 0 spiro atoms. The summed E-state index contributed by atoms with van der Waals surface area (Å²) in [7, 11) is 1.57. The highest BCUT2D eigenvalue weighted by Gasteiger charge is 2.36. The van der Waals surface area contributed by atoms with Gasteiger partial charge in [0, 0.05) is 26.7 Å². The number of ether oxygens (including phenoxy) is 2. The highest BCUT2D eigenvalue weighted by molar-refractivity contribution is 5.84. The highest BCUT2D eigenvalue weighted by Crippen LogP contribution is 2.19. The molecule has 1 heterocycles. The van der Waals surface area contributed by atoms with Crippen LogP contribution in [0.4, 0.5) is 0 Å². The van der Waals surface area contributed by atoms with Gasteiger partial charge < -0.3 is 20.1 Å². The predicted octanol–water partition coefficient (Wildman–Crippen LogP) is -0.0124. The Morgan fingerprint density at radius 3 is 2.88 bits per heavy atom. The third-order valence-electron chi connectivity index (χ3n) is 3.27. The first-order valence-electron chi connectivity index (χ1n) is 5.73. The zero-order chi connectivity index (χ0) is 12.2. The number of carbonyl (C=O) groups excluding carboxylic acids is 1. The van der Waals surface area contributed by atoms with Crippen molar-refractivity contribution in [1.29, 1.82) is 0 Å². The second kappa shape index (κ2) is 5.61. The van der Waals surface area contributed by atoms with Gasteiger partial charge in [0.05, 0.1) is 12.7 Å². The van der Waals surface area contributed by atoms with Gasteiger partial charge in [-0.15, -0.1) is 0 Å². The van der Waals surface area contributed by atoms with Crippen molar-refractivity contribution in [1.82, 2.24) is 4.90 Å². The molecule has 1 rings (SSSR count). The number of methoxy groups -OCH3 is 1. The van der Waals surface area contributed by atoms with Crippen molar-refractivity contribution in [3.8, 4) is 0 Å². The standard InChI is InChI=1S/C11H22N2O3/c1-4-11(2,15-3)10(14)13-5-6-16-9(7-12)8-13/h9H,4-8,12H2,1-3H3. The van der Waals surface area contributed by atoms with Crippen LogP contribution in [0.2, 0.25) is 0 Å². The number of hydrogen-bond acceptors (Lipinski definition) is 4. The molecule has 0 bridgehead atoms. The quantitative estimate of drug-likeness (QED) is 0.737. The van der Waals surface area contributed by atoms with Crippen molar-refractivity contribution in [2.75, 3.05) is 33.4 Å². The second-order valence-electron chi connectivity index (χ2n) is 4.27. The van der Waals surface area contributed by atoms with Crippen molar-refractivity contribution >= 4 is 5.91 Å². The molecular weight excluding hydrogens is 208 g/mol. The van der Waals surface area contributed by atoms with E-state index in [1.807, 2.05) is 13.8 Å². The maximum Gasteiger partial charge on any atom is 0.254 e. The smallest absolute Gasteiger partial charge is 0.254 e. The van der Waals surface area contributed by atoms with Gasteiger partial charge in [-0.1, -0.05) is 6.92 Å². The van der Waals surface area contributed by atoms with Gasteiger partial charge in [0.25, 0.3) is 5.91 Å². The van der Waals surface area contributed by atoms with Crippen molar-refractivity contribution in [3.63, 3.8) is 0 Å². The average Bonchev–Trinajstić information content (AvgIpc) is 2.37. The number of rotatable bonds is 4. The van der Waals surface area contributed by atoms with E-state index in [1.54, 1.807) is 12.0 Å². The summed E-state index contributed by atoms with van der Waals surface area (Å²) in [4.78, 5) is 14.0. The summed E-state index contributed by atoms with van der Waals surface area (Å²) >= 11 is 0. The number of morpholine rings is 1. The van der Waals surface area contributed by atoms with Crippen LogP contribution in [-0.2, 0) is 14.3 Å². The Hall–Kier alpha value is -0.650. The average molecular weight is 230 g/mol. The molecule has 0 aliphatic carbocycles. The Bertz CT molecular complexity index is 241. The van der Waals surface area contributed by atoms with Gasteiger partial charge in [0.1, 0.15) is 5.60 Å². The lowest BCUT2D eigenvalue weighted by molar-refractivity contribution is -0.160. The van der Waals surface area contributed by atoms with Gasteiger partial charge in [-0.3, -0.25) is 4.79 Å². The normalized spacial score (nSPS) is 25.2. The van der Waals surface area contributed by atoms with E-state index in [2.05, 4.69) is 0 Å². The minimum atomic E-state index is -0.726. The lowest BCUT2D eigenvalue weighted by Crippen LogP contribution is -2.55. The van der Waals surface area contributed by atoms with E-state index in [9.17, 15) is 4.79 Å². The van der Waals surface area contributed by atoms with Crippen LogP contribution in [0, 0.1) is 0 Å². The van der Waals surface area contributed by atoms with Crippen LogP contribution in [0.25, 0.3) is 0 Å². The van der Waals surface area contributed by atoms with E-state index in [0.717, 1.165) is 0 Å². The third kappa shape index (κ3) is 2.72. The number of amides is 1. The predicted molar refractivity (Wildman–Crippen MR) is 61.1 cm³/mol. The summed E-state index contributed by atoms with van der Waals surface area (Å²) in [6, 6.07) is 0. The van der Waals surface area contributed by atoms with E-state index in [4.69, 9.17) is 15.2 Å². The zero-order valence-corrected chi connectivity index (χ0v) is 10.4. The second-order valence-corrected chi connectivity index (χ2v) is 4.27. The Kier molecular flexibility index (Phi) is 4.70. The summed E-state index contributed by atoms with van der Waals surface area (Å²) in [5.41, 5.74) is 4.82. The first kappa shape index (κ1) is 13.4. The van der Waals surface area contributed by atoms with E-state index in [1.165, 1.54) is 0 Å². The SMILES string of the molecule is CCC(C)(OC)C(=O)N1CCOC(CN)C1. The fourth-order valence-corrected chi connectivity index (χ4v) is 1.76. The molecule has 0 saturated carbocycles. The van der Waals surface area contributed by atoms with Crippen LogP contribution < -0.4 is 5.73 Å². The van der Waals surface area contributed by atoms with Crippen LogP contribution in [-0.4, -0.2) is 55.9 Å². The third-order valence-corrected chi connectivity index (χ3v) is 3.27. The number of nitrogens with two attached hydrogens (primary N) is 1. The van der Waals surface area contributed by atoms with Crippen molar-refractivity contribution in [3.05, 3.63) is 0 Å². The molecule has 2 atom stereocenters. The molecule has 1 amide bonds. The molecule has 1 saturated heterocycles. The van der Waals surface area contributed by atoms with E-state index in [-0.39, 0.29) is 12.0 Å². The molecule has 0 aromatic carbocycles. The van der Waals surface area contributed by atoms with Gasteiger partial charge in [-0.2, -0.15) is 0 Å². The molecule has 5 nitrogen and oxygen atoms in total. The molecule has 1 aliphatic heterocycles. The van der Waals surface area contributed by atoms with Gasteiger partial charge in [-0.05, 0) is 13.3 Å². The topological polar surface area (TPSA) is 64.8 Å². The van der Waals surface area contributed by atoms with Crippen molar-refractivity contribution in [2.45, 2.75) is 32.0 Å². The number of nitrogens with zero attached hydrogens (tertiary/aromatic N) is 1. The summed E-state index contributed by atoms with van der Waals surface area (Å²) in [6.07, 6.45) is 0.614. The Morgan fingerprint density at radius 1 is 1.69 bits per heavy atom. The molecular formula is C11H22N2O3. The van der Waals surface area contributed by atoms with Crippen LogP contribution in [0.5, 0.6) is 0 Å². The highest BCUT2D eigenvalue weighted by atomic mass is 16.5. The molecule has 0 radical (unpaired) electrons. The van der Waals surface area contributed by atoms with Gasteiger partial charge in [-0.25, -0.2) is 0 Å². The van der Waals surface area contributed by atoms with Gasteiger partial charge in [0.2, 0.25) is 0 Å². The fraction of sp³-hybridized carbons (Fsp3) is 0.909. The Balaban J connectivity index is 2.65. The molecule has 2 unspecified atom stereocenters. The van der Waals surface area contributed by atoms with Gasteiger partial charge >= 0.3 is 0 Å². The fourth-order valence-electron chi connectivity index (χ4n) is 1.76. The van der Waals surface area contributed by atoms with Crippen molar-refractivity contribution < 1.29 is 14.3 Å². The van der Waals surface area contributed by atoms with E-state index in [0.29, 0.717) is 32.7 Å². The van der Waals surface area contributed by atoms with E-state index < -0.39 is 5.60 Å². The van der Waals surface area contributed by atoms with Crippen molar-refractivity contribution in [2.24, 2.45) is 5.73 Å². The Morgan fingerprint density at radius 2 is 2.38 bits per heavy atom. The molecule has 0 aromatic heterocycles. The molecule has 16 heavy (non-hydrogen) atoms. The minimum absolute atomic E-state index is 0.0271.